The summed E-state index contributed by atoms with van der Waals surface area (Å²) in [6.07, 6.45) is 9.41. The predicted molar refractivity (Wildman–Crippen MR) is 140 cm³/mol. The predicted octanol–water partition coefficient (Wildman–Crippen LogP) is 8.67. The molecule has 2 aliphatic rings. The van der Waals surface area contributed by atoms with Crippen LogP contribution in [-0.4, -0.2) is 9.97 Å². The highest BCUT2D eigenvalue weighted by Crippen LogP contribution is 2.53. The summed E-state index contributed by atoms with van der Waals surface area (Å²) in [5, 5.41) is 1.57. The monoisotopic (exact) mass is 457 g/mol. The molecule has 3 heterocycles. The van der Waals surface area contributed by atoms with Gasteiger partial charge in [0.2, 0.25) is 5.71 Å². The Morgan fingerprint density at radius 1 is 1.00 bits per heavy atom. The van der Waals surface area contributed by atoms with Gasteiger partial charge in [0.15, 0.2) is 0 Å². The average molecular weight is 458 g/mol. The highest BCUT2D eigenvalue weighted by Gasteiger charge is 2.40. The Morgan fingerprint density at radius 3 is 2.62 bits per heavy atom. The lowest BCUT2D eigenvalue weighted by molar-refractivity contribution is 0.0483. The minimum atomic E-state index is -2.32. The maximum absolute atomic E-state index is 9.17. The summed E-state index contributed by atoms with van der Waals surface area (Å²) in [6, 6.07) is 12.7. The molecular weight excluding hydrogens is 416 g/mol. The van der Waals surface area contributed by atoms with Gasteiger partial charge < -0.3 is 4.42 Å². The van der Waals surface area contributed by atoms with Gasteiger partial charge in [-0.1, -0.05) is 26.0 Å². The Balaban J connectivity index is 1.29. The average Bonchev–Trinajstić information content (AvgIpc) is 3.29. The second-order valence-corrected chi connectivity index (χ2v) is 11.3. The van der Waals surface area contributed by atoms with Crippen LogP contribution in [-0.2, 0) is 6.37 Å². The Hall–Kier alpha value is -2.68. The zero-order valence-electron chi connectivity index (χ0n) is 25.2. The van der Waals surface area contributed by atoms with E-state index in [0.29, 0.717) is 27.7 Å². The number of furan rings is 1. The molecule has 1 aromatic carbocycles. The molecule has 6 rings (SSSR count). The Labute approximate surface area is 210 Å². The number of benzene rings is 1. The van der Waals surface area contributed by atoms with Crippen LogP contribution in [0.5, 0.6) is 0 Å². The fourth-order valence-corrected chi connectivity index (χ4v) is 6.12. The maximum atomic E-state index is 9.17. The van der Waals surface area contributed by atoms with Crippen LogP contribution in [0.2, 0.25) is 0 Å². The molecule has 2 fully saturated rings. The molecule has 0 aliphatic heterocycles. The van der Waals surface area contributed by atoms with Gasteiger partial charge in [0, 0.05) is 35.1 Å². The number of aryl methyl sites for hydroxylation is 1. The zero-order valence-corrected chi connectivity index (χ0v) is 20.2. The minimum Gasteiger partial charge on any atom is -0.437 e. The molecule has 0 radical (unpaired) electrons. The van der Waals surface area contributed by atoms with Gasteiger partial charge in [0.05, 0.1) is 5.69 Å². The first-order valence-corrected chi connectivity index (χ1v) is 12.7. The van der Waals surface area contributed by atoms with Crippen LogP contribution >= 0.6 is 0 Å². The van der Waals surface area contributed by atoms with Crippen molar-refractivity contribution < 1.29 is 11.3 Å². The van der Waals surface area contributed by atoms with E-state index < -0.39 is 13.2 Å². The number of hydrogen-bond donors (Lipinski definition) is 0. The van der Waals surface area contributed by atoms with Crippen molar-refractivity contribution in [3.05, 3.63) is 59.9 Å². The van der Waals surface area contributed by atoms with Crippen LogP contribution in [0.1, 0.15) is 83.3 Å². The van der Waals surface area contributed by atoms with E-state index in [0.717, 1.165) is 42.0 Å². The van der Waals surface area contributed by atoms with Crippen molar-refractivity contribution in [3.8, 4) is 11.3 Å². The second-order valence-electron chi connectivity index (χ2n) is 11.3. The van der Waals surface area contributed by atoms with Crippen molar-refractivity contribution in [2.24, 2.45) is 16.7 Å². The van der Waals surface area contributed by atoms with Gasteiger partial charge in [-0.2, -0.15) is 0 Å². The van der Waals surface area contributed by atoms with Gasteiger partial charge in [-0.25, -0.2) is 4.98 Å². The summed E-state index contributed by atoms with van der Waals surface area (Å²) < 4.78 is 47.5. The SMILES string of the molecule is [2H]C([2H])([2H])c1ccc2c(n1)oc1c(-c3cc(C([2H])([2H])C4CCC5(CC4)CCC(C)(C)CC5)ccn3)cccc12. The second kappa shape index (κ2) is 8.22. The molecule has 3 aromatic heterocycles. The molecule has 0 unspecified atom stereocenters. The lowest BCUT2D eigenvalue weighted by Crippen LogP contribution is -2.35. The molecule has 3 heteroatoms. The topological polar surface area (TPSA) is 38.9 Å². The van der Waals surface area contributed by atoms with E-state index in [-0.39, 0.29) is 17.3 Å². The fourth-order valence-electron chi connectivity index (χ4n) is 6.12. The highest BCUT2D eigenvalue weighted by atomic mass is 16.3. The quantitative estimate of drug-likeness (QED) is 0.309. The Kier molecular flexibility index (Phi) is 4.08. The highest BCUT2D eigenvalue weighted by molar-refractivity contribution is 6.08. The van der Waals surface area contributed by atoms with Crippen molar-refractivity contribution in [3.63, 3.8) is 0 Å². The summed E-state index contributed by atoms with van der Waals surface area (Å²) in [4.78, 5) is 8.86. The van der Waals surface area contributed by atoms with Crippen molar-refractivity contribution >= 4 is 22.1 Å². The van der Waals surface area contributed by atoms with E-state index in [1.54, 1.807) is 18.3 Å². The van der Waals surface area contributed by atoms with E-state index in [1.165, 1.54) is 31.7 Å². The van der Waals surface area contributed by atoms with Crippen molar-refractivity contribution in [1.82, 2.24) is 9.97 Å². The molecule has 0 atom stereocenters. The standard InChI is InChI=1S/C31H36N2O/c1-21-7-8-25-24-5-4-6-26(28(24)34-29(25)33-21)27-20-23(11-18-32-27)19-22-9-12-31(13-10-22)16-14-30(2,3)15-17-31/h4-8,11,18,20,22H,9-10,12-17,19H2,1-3H3/i1D3,19D2. The number of fused-ring (bicyclic) bond motifs is 3. The van der Waals surface area contributed by atoms with Crippen molar-refractivity contribution in [2.75, 3.05) is 0 Å². The maximum Gasteiger partial charge on any atom is 0.227 e. The third-order valence-corrected chi connectivity index (χ3v) is 8.48. The van der Waals surface area contributed by atoms with Crippen LogP contribution in [0.4, 0.5) is 0 Å². The minimum absolute atomic E-state index is 0.00451. The molecule has 0 saturated heterocycles. The smallest absolute Gasteiger partial charge is 0.227 e. The van der Waals surface area contributed by atoms with Crippen molar-refractivity contribution in [1.29, 1.82) is 0 Å². The lowest BCUT2D eigenvalue weighted by Gasteiger charge is -2.47. The van der Waals surface area contributed by atoms with Crippen LogP contribution in [0.3, 0.4) is 0 Å². The number of aromatic nitrogens is 2. The molecule has 2 aliphatic carbocycles. The zero-order chi connectivity index (χ0) is 27.6. The van der Waals surface area contributed by atoms with E-state index in [9.17, 15) is 2.74 Å². The molecule has 0 bridgehead atoms. The summed E-state index contributed by atoms with van der Waals surface area (Å²) in [7, 11) is 0. The van der Waals surface area contributed by atoms with Gasteiger partial charge in [0.1, 0.15) is 5.58 Å². The molecule has 0 N–H and O–H groups in total. The first-order valence-electron chi connectivity index (χ1n) is 15.2. The van der Waals surface area contributed by atoms with E-state index in [1.807, 2.05) is 24.3 Å². The number of nitrogens with zero attached hydrogens (tertiary/aromatic N) is 2. The van der Waals surface area contributed by atoms with Gasteiger partial charge in [-0.05, 0) is 117 Å². The number of rotatable bonds is 3. The molecule has 176 valence electrons. The summed E-state index contributed by atoms with van der Waals surface area (Å²) in [6.45, 7) is 2.44. The van der Waals surface area contributed by atoms with E-state index in [4.69, 9.17) is 8.53 Å². The molecular formula is C31H36N2O. The third kappa shape index (κ3) is 4.04. The van der Waals surface area contributed by atoms with Gasteiger partial charge in [0.25, 0.3) is 0 Å². The van der Waals surface area contributed by atoms with Gasteiger partial charge in [-0.3, -0.25) is 4.98 Å². The van der Waals surface area contributed by atoms with Crippen LogP contribution in [0, 0.1) is 23.6 Å². The van der Waals surface area contributed by atoms with E-state index >= 15 is 0 Å². The first kappa shape index (κ1) is 16.9. The Morgan fingerprint density at radius 2 is 1.82 bits per heavy atom. The van der Waals surface area contributed by atoms with E-state index in [2.05, 4.69) is 23.8 Å². The normalized spacial score (nSPS) is 23.3. The molecule has 2 saturated carbocycles. The Bertz CT molecular complexity index is 1520. The fraction of sp³-hybridized carbons (Fsp3) is 0.484. The molecule has 4 aromatic rings. The summed E-state index contributed by atoms with van der Waals surface area (Å²) in [5.74, 6) is -0.0159. The largest absolute Gasteiger partial charge is 0.437 e. The molecule has 34 heavy (non-hydrogen) atoms. The molecule has 3 nitrogen and oxygen atoms in total. The van der Waals surface area contributed by atoms with Crippen LogP contribution in [0.15, 0.2) is 53.1 Å². The van der Waals surface area contributed by atoms with Crippen LogP contribution in [0.25, 0.3) is 33.3 Å². The summed E-state index contributed by atoms with van der Waals surface area (Å²) in [5.41, 5.74) is 3.73. The number of pyridine rings is 2. The van der Waals surface area contributed by atoms with Gasteiger partial charge in [-0.15, -0.1) is 0 Å². The summed E-state index contributed by atoms with van der Waals surface area (Å²) >= 11 is 0. The van der Waals surface area contributed by atoms with Crippen molar-refractivity contribution in [2.45, 2.75) is 78.4 Å². The molecule has 1 spiro atoms. The number of para-hydroxylation sites is 1. The first-order chi connectivity index (χ1) is 18.4. The third-order valence-electron chi connectivity index (χ3n) is 8.48. The van der Waals surface area contributed by atoms with Gasteiger partial charge >= 0.3 is 0 Å². The lowest BCUT2D eigenvalue weighted by atomic mass is 9.58. The molecule has 0 amide bonds. The van der Waals surface area contributed by atoms with Crippen LogP contribution < -0.4 is 0 Å². The number of hydrogen-bond acceptors (Lipinski definition) is 3.